The third-order valence-electron chi connectivity index (χ3n) is 4.06. The lowest BCUT2D eigenvalue weighted by atomic mass is 10.1. The highest BCUT2D eigenvalue weighted by Crippen LogP contribution is 2.20. The minimum Gasteiger partial charge on any atom is -0.496 e. The molecule has 28 heavy (non-hydrogen) atoms. The van der Waals surface area contributed by atoms with Crippen molar-refractivity contribution in [1.29, 1.82) is 0 Å². The second-order valence-electron chi connectivity index (χ2n) is 5.94. The number of benzene rings is 2. The van der Waals surface area contributed by atoms with Gasteiger partial charge in [-0.3, -0.25) is 4.99 Å². The standard InChI is InChI=1S/C20H22ClN5O2/c1-22-20(23-11-10-14-6-3-4-9-17(14)27-2)24-13-18-25-19(26-28-18)15-7-5-8-16(21)12-15/h3-9,12H,10-11,13H2,1-2H3,(H2,22,23,24). The number of rotatable bonds is 7. The number of nitrogens with one attached hydrogen (secondary N) is 2. The molecule has 8 heteroatoms. The summed E-state index contributed by atoms with van der Waals surface area (Å²) in [5, 5.41) is 11.0. The SMILES string of the molecule is CN=C(NCCc1ccccc1OC)NCc1nc(-c2cccc(Cl)c2)no1. The van der Waals surface area contributed by atoms with E-state index < -0.39 is 0 Å². The van der Waals surface area contributed by atoms with Crippen molar-refractivity contribution in [2.75, 3.05) is 20.7 Å². The smallest absolute Gasteiger partial charge is 0.246 e. The Labute approximate surface area is 168 Å². The van der Waals surface area contributed by atoms with E-state index in [0.717, 1.165) is 23.3 Å². The van der Waals surface area contributed by atoms with Crippen LogP contribution in [0.15, 0.2) is 58.0 Å². The first-order valence-corrected chi connectivity index (χ1v) is 9.22. The van der Waals surface area contributed by atoms with Gasteiger partial charge in [0.05, 0.1) is 13.7 Å². The lowest BCUT2D eigenvalue weighted by Gasteiger charge is -2.12. The van der Waals surface area contributed by atoms with Gasteiger partial charge in [0.25, 0.3) is 0 Å². The van der Waals surface area contributed by atoms with Gasteiger partial charge < -0.3 is 19.9 Å². The van der Waals surface area contributed by atoms with Gasteiger partial charge in [-0.15, -0.1) is 0 Å². The molecule has 0 aliphatic rings. The molecule has 3 aromatic rings. The lowest BCUT2D eigenvalue weighted by Crippen LogP contribution is -2.37. The molecule has 0 spiro atoms. The van der Waals surface area contributed by atoms with Crippen molar-refractivity contribution in [2.24, 2.45) is 4.99 Å². The number of halogens is 1. The van der Waals surface area contributed by atoms with Crippen LogP contribution in [0.5, 0.6) is 5.75 Å². The Balaban J connectivity index is 1.51. The molecule has 146 valence electrons. The molecule has 2 N–H and O–H groups in total. The highest BCUT2D eigenvalue weighted by Gasteiger charge is 2.10. The highest BCUT2D eigenvalue weighted by atomic mass is 35.5. The zero-order chi connectivity index (χ0) is 19.8. The molecule has 0 aliphatic heterocycles. The van der Waals surface area contributed by atoms with Crippen molar-refractivity contribution in [3.05, 3.63) is 65.0 Å². The van der Waals surface area contributed by atoms with Crippen molar-refractivity contribution < 1.29 is 9.26 Å². The predicted octanol–water partition coefficient (Wildman–Crippen LogP) is 3.31. The Morgan fingerprint density at radius 1 is 1.18 bits per heavy atom. The van der Waals surface area contributed by atoms with Gasteiger partial charge in [0.1, 0.15) is 5.75 Å². The molecule has 1 aromatic heterocycles. The van der Waals surface area contributed by atoms with E-state index in [1.807, 2.05) is 36.4 Å². The number of methoxy groups -OCH3 is 1. The van der Waals surface area contributed by atoms with E-state index in [0.29, 0.717) is 35.8 Å². The van der Waals surface area contributed by atoms with E-state index >= 15 is 0 Å². The molecular formula is C20H22ClN5O2. The fourth-order valence-electron chi connectivity index (χ4n) is 2.68. The van der Waals surface area contributed by atoms with E-state index in [9.17, 15) is 0 Å². The van der Waals surface area contributed by atoms with Gasteiger partial charge in [-0.2, -0.15) is 4.98 Å². The van der Waals surface area contributed by atoms with Crippen LogP contribution in [0, 0.1) is 0 Å². The molecule has 0 aliphatic carbocycles. The summed E-state index contributed by atoms with van der Waals surface area (Å²) < 4.78 is 10.7. The second kappa shape index (κ2) is 9.75. The Kier molecular flexibility index (Phi) is 6.86. The fourth-order valence-corrected chi connectivity index (χ4v) is 2.87. The van der Waals surface area contributed by atoms with Crippen LogP contribution in [0.25, 0.3) is 11.4 Å². The quantitative estimate of drug-likeness (QED) is 0.468. The molecule has 0 radical (unpaired) electrons. The molecule has 0 saturated carbocycles. The summed E-state index contributed by atoms with van der Waals surface area (Å²) in [4.78, 5) is 8.59. The first-order chi connectivity index (χ1) is 13.7. The van der Waals surface area contributed by atoms with E-state index in [-0.39, 0.29) is 0 Å². The van der Waals surface area contributed by atoms with Crippen molar-refractivity contribution in [2.45, 2.75) is 13.0 Å². The number of guanidine groups is 1. The van der Waals surface area contributed by atoms with Crippen molar-refractivity contribution in [3.63, 3.8) is 0 Å². The first kappa shape index (κ1) is 19.7. The van der Waals surface area contributed by atoms with Crippen LogP contribution in [0.2, 0.25) is 5.02 Å². The van der Waals surface area contributed by atoms with Gasteiger partial charge in [0.15, 0.2) is 5.96 Å². The summed E-state index contributed by atoms with van der Waals surface area (Å²) in [6.45, 7) is 1.07. The molecular weight excluding hydrogens is 378 g/mol. The zero-order valence-electron chi connectivity index (χ0n) is 15.8. The average molecular weight is 400 g/mol. The topological polar surface area (TPSA) is 84.6 Å². The molecule has 0 bridgehead atoms. The highest BCUT2D eigenvalue weighted by molar-refractivity contribution is 6.30. The van der Waals surface area contributed by atoms with E-state index in [4.69, 9.17) is 20.9 Å². The van der Waals surface area contributed by atoms with Crippen molar-refractivity contribution >= 4 is 17.6 Å². The summed E-state index contributed by atoms with van der Waals surface area (Å²) in [5.74, 6) is 2.49. The Morgan fingerprint density at radius 3 is 2.82 bits per heavy atom. The van der Waals surface area contributed by atoms with Crippen LogP contribution < -0.4 is 15.4 Å². The summed E-state index contributed by atoms with van der Waals surface area (Å²) in [7, 11) is 3.39. The normalized spacial score (nSPS) is 11.3. The number of ether oxygens (including phenoxy) is 1. The molecule has 3 rings (SSSR count). The van der Waals surface area contributed by atoms with E-state index in [1.54, 1.807) is 26.3 Å². The molecule has 0 saturated heterocycles. The third-order valence-corrected chi connectivity index (χ3v) is 4.30. The Hall–Kier alpha value is -3.06. The zero-order valence-corrected chi connectivity index (χ0v) is 16.5. The summed E-state index contributed by atoms with van der Waals surface area (Å²) in [6, 6.07) is 15.3. The fraction of sp³-hybridized carbons (Fsp3) is 0.250. The first-order valence-electron chi connectivity index (χ1n) is 8.84. The number of hydrogen-bond acceptors (Lipinski definition) is 5. The minimum atomic E-state index is 0.363. The molecule has 2 aromatic carbocycles. The lowest BCUT2D eigenvalue weighted by molar-refractivity contribution is 0.375. The van der Waals surface area contributed by atoms with Gasteiger partial charge in [0.2, 0.25) is 11.7 Å². The number of hydrogen-bond donors (Lipinski definition) is 2. The molecule has 1 heterocycles. The largest absolute Gasteiger partial charge is 0.496 e. The van der Waals surface area contributed by atoms with Crippen molar-refractivity contribution in [3.8, 4) is 17.1 Å². The summed E-state index contributed by atoms with van der Waals surface area (Å²) >= 11 is 6.00. The number of nitrogens with zero attached hydrogens (tertiary/aromatic N) is 3. The van der Waals surface area contributed by atoms with Gasteiger partial charge in [-0.1, -0.05) is 47.1 Å². The molecule has 0 unspecified atom stereocenters. The molecule has 0 amide bonds. The monoisotopic (exact) mass is 399 g/mol. The average Bonchev–Trinajstić information content (AvgIpc) is 3.20. The third kappa shape index (κ3) is 5.23. The Morgan fingerprint density at radius 2 is 2.04 bits per heavy atom. The molecule has 7 nitrogen and oxygen atoms in total. The van der Waals surface area contributed by atoms with E-state index in [1.165, 1.54) is 0 Å². The van der Waals surface area contributed by atoms with Crippen LogP contribution in [0.1, 0.15) is 11.5 Å². The molecule has 0 fully saturated rings. The van der Waals surface area contributed by atoms with E-state index in [2.05, 4.69) is 25.8 Å². The maximum absolute atomic E-state index is 6.00. The second-order valence-corrected chi connectivity index (χ2v) is 6.37. The van der Waals surface area contributed by atoms with Gasteiger partial charge in [0, 0.05) is 24.2 Å². The number of aliphatic imine (C=N–C) groups is 1. The van der Waals surface area contributed by atoms with Gasteiger partial charge >= 0.3 is 0 Å². The van der Waals surface area contributed by atoms with Gasteiger partial charge in [-0.25, -0.2) is 0 Å². The van der Waals surface area contributed by atoms with Crippen LogP contribution in [-0.4, -0.2) is 36.8 Å². The number of para-hydroxylation sites is 1. The summed E-state index contributed by atoms with van der Waals surface area (Å²) in [6.07, 6.45) is 0.810. The van der Waals surface area contributed by atoms with Crippen molar-refractivity contribution in [1.82, 2.24) is 20.8 Å². The molecule has 0 atom stereocenters. The maximum atomic E-state index is 6.00. The maximum Gasteiger partial charge on any atom is 0.246 e. The van der Waals surface area contributed by atoms with Crippen LogP contribution >= 0.6 is 11.6 Å². The summed E-state index contributed by atoms with van der Waals surface area (Å²) in [5.41, 5.74) is 1.94. The predicted molar refractivity (Wildman–Crippen MR) is 110 cm³/mol. The number of aromatic nitrogens is 2. The van der Waals surface area contributed by atoms with Crippen LogP contribution in [-0.2, 0) is 13.0 Å². The van der Waals surface area contributed by atoms with Crippen LogP contribution in [0.4, 0.5) is 0 Å². The van der Waals surface area contributed by atoms with Crippen LogP contribution in [0.3, 0.4) is 0 Å². The minimum absolute atomic E-state index is 0.363. The van der Waals surface area contributed by atoms with Gasteiger partial charge in [-0.05, 0) is 30.2 Å². The Bertz CT molecular complexity index is 942.